The van der Waals surface area contributed by atoms with E-state index in [4.69, 9.17) is 0 Å². The van der Waals surface area contributed by atoms with Crippen LogP contribution in [0.15, 0.2) is 54.1 Å². The summed E-state index contributed by atoms with van der Waals surface area (Å²) in [5, 5.41) is 0. The second-order valence-electron chi connectivity index (χ2n) is 8.33. The fourth-order valence-electron chi connectivity index (χ4n) is 4.48. The number of halogens is 1. The first-order valence-corrected chi connectivity index (χ1v) is 10.0. The lowest BCUT2D eigenvalue weighted by Crippen LogP contribution is -2.43. The monoisotopic (exact) mass is 397 g/mol. The molecule has 0 radical (unpaired) electrons. The van der Waals surface area contributed by atoms with Crippen molar-refractivity contribution in [1.82, 2.24) is 4.90 Å². The molecule has 150 valence electrons. The van der Waals surface area contributed by atoms with Gasteiger partial charge in [0.25, 0.3) is 0 Å². The van der Waals surface area contributed by atoms with Crippen molar-refractivity contribution in [3.63, 3.8) is 0 Å². The van der Waals surface area contributed by atoms with Crippen LogP contribution in [-0.2, 0) is 0 Å². The third-order valence-electron chi connectivity index (χ3n) is 6.14. The largest absolute Gasteiger partial charge is 0.378 e. The first-order valence-electron chi connectivity index (χ1n) is 10.0. The number of fused-ring (bicyclic) bond motifs is 3. The number of anilines is 2. The van der Waals surface area contributed by atoms with Crippen LogP contribution in [0.4, 0.5) is 11.4 Å². The highest BCUT2D eigenvalue weighted by molar-refractivity contribution is 5.85. The van der Waals surface area contributed by atoms with Gasteiger partial charge >= 0.3 is 0 Å². The minimum Gasteiger partial charge on any atom is -0.378 e. The van der Waals surface area contributed by atoms with Crippen molar-refractivity contribution in [3.8, 4) is 0 Å². The molecule has 0 aromatic heterocycles. The van der Waals surface area contributed by atoms with Crippen LogP contribution in [-0.4, -0.2) is 52.7 Å². The molecule has 0 atom stereocenters. The van der Waals surface area contributed by atoms with E-state index >= 15 is 0 Å². The molecule has 3 aliphatic heterocycles. The predicted molar refractivity (Wildman–Crippen MR) is 124 cm³/mol. The average Bonchev–Trinajstić information content (AvgIpc) is 2.70. The lowest BCUT2D eigenvalue weighted by Gasteiger charge is -2.42. The normalized spacial score (nSPS) is 20.5. The van der Waals surface area contributed by atoms with Gasteiger partial charge in [0.2, 0.25) is 0 Å². The van der Waals surface area contributed by atoms with E-state index in [1.165, 1.54) is 54.0 Å². The summed E-state index contributed by atoms with van der Waals surface area (Å²) in [6, 6.07) is 18.2. The second-order valence-corrected chi connectivity index (χ2v) is 8.33. The molecular weight excluding hydrogens is 366 g/mol. The van der Waals surface area contributed by atoms with Crippen molar-refractivity contribution >= 4 is 29.4 Å². The Hall–Kier alpha value is -1.97. The summed E-state index contributed by atoms with van der Waals surface area (Å²) in [5.41, 5.74) is 8.30. The Bertz CT molecular complexity index is 760. The zero-order chi connectivity index (χ0) is 19.0. The van der Waals surface area contributed by atoms with Crippen molar-refractivity contribution in [2.75, 3.05) is 57.6 Å². The maximum absolute atomic E-state index is 2.62. The molecule has 0 amide bonds. The molecule has 2 aromatic carbocycles. The highest BCUT2D eigenvalue weighted by Gasteiger charge is 2.32. The van der Waals surface area contributed by atoms with E-state index in [2.05, 4.69) is 91.4 Å². The standard InChI is InChI=1S/C24H31N3.ClH/c1-25(2)21-9-5-19(6-10-21)24(20-7-11-22(12-8-20)26(3)4)23-17-27-15-13-18(23)14-16-27;/h5-12,18H,13-17H2,1-4H3;1H. The van der Waals surface area contributed by atoms with E-state index in [9.17, 15) is 0 Å². The molecule has 0 aliphatic carbocycles. The predicted octanol–water partition coefficient (Wildman–Crippen LogP) is 4.77. The van der Waals surface area contributed by atoms with Crippen molar-refractivity contribution in [2.45, 2.75) is 12.8 Å². The zero-order valence-electron chi connectivity index (χ0n) is 17.5. The van der Waals surface area contributed by atoms with Crippen LogP contribution in [0, 0.1) is 5.92 Å². The first-order chi connectivity index (χ1) is 13.0. The highest BCUT2D eigenvalue weighted by Crippen LogP contribution is 2.40. The van der Waals surface area contributed by atoms with Gasteiger partial charge < -0.3 is 9.80 Å². The van der Waals surface area contributed by atoms with Gasteiger partial charge in [0.05, 0.1) is 0 Å². The van der Waals surface area contributed by atoms with Gasteiger partial charge in [-0.2, -0.15) is 0 Å². The average molecular weight is 398 g/mol. The van der Waals surface area contributed by atoms with E-state index < -0.39 is 0 Å². The molecule has 3 heterocycles. The summed E-state index contributed by atoms with van der Waals surface area (Å²) in [6.07, 6.45) is 2.62. The van der Waals surface area contributed by atoms with Crippen LogP contribution in [0.25, 0.3) is 5.57 Å². The maximum Gasteiger partial charge on any atom is 0.0361 e. The van der Waals surface area contributed by atoms with E-state index in [1.54, 1.807) is 5.57 Å². The van der Waals surface area contributed by atoms with E-state index in [1.807, 2.05) is 0 Å². The molecular formula is C24H32ClN3. The van der Waals surface area contributed by atoms with Crippen molar-refractivity contribution in [3.05, 3.63) is 65.2 Å². The maximum atomic E-state index is 2.62. The molecule has 0 spiro atoms. The zero-order valence-corrected chi connectivity index (χ0v) is 18.3. The fraction of sp³-hybridized carbons (Fsp3) is 0.417. The highest BCUT2D eigenvalue weighted by atomic mass is 35.5. The Balaban J connectivity index is 0.00000225. The SMILES string of the molecule is CN(C)c1ccc(C(=C2CN3CCC2CC3)c2ccc(N(C)C)cc2)cc1.Cl. The molecule has 3 saturated heterocycles. The molecule has 0 unspecified atom stereocenters. The molecule has 0 N–H and O–H groups in total. The quantitative estimate of drug-likeness (QED) is 0.735. The lowest BCUT2D eigenvalue weighted by molar-refractivity contribution is 0.162. The molecule has 5 rings (SSSR count). The van der Waals surface area contributed by atoms with E-state index in [0.29, 0.717) is 0 Å². The van der Waals surface area contributed by atoms with Crippen LogP contribution in [0.3, 0.4) is 0 Å². The minimum absolute atomic E-state index is 0. The molecule has 4 heteroatoms. The van der Waals surface area contributed by atoms with Gasteiger partial charge in [-0.05, 0) is 78.4 Å². The van der Waals surface area contributed by atoms with Crippen LogP contribution >= 0.6 is 12.4 Å². The third kappa shape index (κ3) is 4.06. The summed E-state index contributed by atoms with van der Waals surface area (Å²) in [4.78, 5) is 6.95. The number of nitrogens with zero attached hydrogens (tertiary/aromatic N) is 3. The third-order valence-corrected chi connectivity index (χ3v) is 6.14. The van der Waals surface area contributed by atoms with Crippen LogP contribution in [0.1, 0.15) is 24.0 Å². The van der Waals surface area contributed by atoms with Gasteiger partial charge in [0.1, 0.15) is 0 Å². The Morgan fingerprint density at radius 2 is 1.18 bits per heavy atom. The van der Waals surface area contributed by atoms with Gasteiger partial charge in [-0.15, -0.1) is 12.4 Å². The molecule has 3 fully saturated rings. The van der Waals surface area contributed by atoms with Gasteiger partial charge in [-0.3, -0.25) is 4.90 Å². The molecule has 0 saturated carbocycles. The van der Waals surface area contributed by atoms with Crippen molar-refractivity contribution in [1.29, 1.82) is 0 Å². The summed E-state index contributed by atoms with van der Waals surface area (Å²) in [5.74, 6) is 0.743. The molecule has 2 bridgehead atoms. The first kappa shape index (κ1) is 20.8. The van der Waals surface area contributed by atoms with Crippen LogP contribution in [0.5, 0.6) is 0 Å². The summed E-state index contributed by atoms with van der Waals surface area (Å²) in [7, 11) is 8.40. The van der Waals surface area contributed by atoms with Gasteiger partial charge in [0.15, 0.2) is 0 Å². The fourth-order valence-corrected chi connectivity index (χ4v) is 4.48. The molecule has 28 heavy (non-hydrogen) atoms. The number of benzene rings is 2. The van der Waals surface area contributed by atoms with Crippen LogP contribution < -0.4 is 9.80 Å². The smallest absolute Gasteiger partial charge is 0.0361 e. The number of piperidine rings is 3. The van der Waals surface area contributed by atoms with E-state index in [0.717, 1.165) is 12.5 Å². The van der Waals surface area contributed by atoms with Crippen molar-refractivity contribution < 1.29 is 0 Å². The molecule has 3 nitrogen and oxygen atoms in total. The van der Waals surface area contributed by atoms with E-state index in [-0.39, 0.29) is 12.4 Å². The minimum atomic E-state index is 0. The number of hydrogen-bond donors (Lipinski definition) is 0. The number of hydrogen-bond acceptors (Lipinski definition) is 3. The summed E-state index contributed by atoms with van der Waals surface area (Å²) in [6.45, 7) is 3.66. The second kappa shape index (κ2) is 8.59. The Morgan fingerprint density at radius 1 is 0.750 bits per heavy atom. The Morgan fingerprint density at radius 3 is 1.50 bits per heavy atom. The summed E-state index contributed by atoms with van der Waals surface area (Å²) < 4.78 is 0. The topological polar surface area (TPSA) is 9.72 Å². The van der Waals surface area contributed by atoms with Gasteiger partial charge in [-0.25, -0.2) is 0 Å². The van der Waals surface area contributed by atoms with Crippen molar-refractivity contribution in [2.24, 2.45) is 5.92 Å². The van der Waals surface area contributed by atoms with Crippen LogP contribution in [0.2, 0.25) is 0 Å². The number of rotatable bonds is 4. The summed E-state index contributed by atoms with van der Waals surface area (Å²) >= 11 is 0. The molecule has 3 aliphatic rings. The Labute approximate surface area is 176 Å². The lowest BCUT2D eigenvalue weighted by atomic mass is 9.78. The Kier molecular flexibility index (Phi) is 6.36. The van der Waals surface area contributed by atoms with Gasteiger partial charge in [-0.1, -0.05) is 24.3 Å². The molecule has 2 aromatic rings. The van der Waals surface area contributed by atoms with Gasteiger partial charge in [0, 0.05) is 46.1 Å².